The molecule has 1 unspecified atom stereocenters. The van der Waals surface area contributed by atoms with Crippen molar-refractivity contribution in [3.63, 3.8) is 0 Å². The molecule has 98 valence electrons. The topological polar surface area (TPSA) is 81.5 Å². The molecule has 1 rings (SSSR count). The molecule has 0 bridgehead atoms. The Kier molecular flexibility index (Phi) is 5.48. The minimum Gasteiger partial charge on any atom is -0.465 e. The molecule has 0 aromatic heterocycles. The third-order valence-corrected chi connectivity index (χ3v) is 2.94. The van der Waals surface area contributed by atoms with Crippen molar-refractivity contribution in [2.75, 3.05) is 11.7 Å². The molecule has 6 nitrogen and oxygen atoms in total. The van der Waals surface area contributed by atoms with E-state index >= 15 is 0 Å². The molecule has 0 saturated heterocycles. The first-order valence-corrected chi connectivity index (χ1v) is 6.69. The van der Waals surface area contributed by atoms with Crippen molar-refractivity contribution in [3.05, 3.63) is 39.4 Å². The fraction of sp³-hybridized carbons (Fsp3) is 0.364. The van der Waals surface area contributed by atoms with Gasteiger partial charge in [-0.25, -0.2) is 4.79 Å². The molecule has 0 radical (unpaired) electrons. The highest BCUT2D eigenvalue weighted by Gasteiger charge is 2.21. The van der Waals surface area contributed by atoms with Crippen LogP contribution >= 0.6 is 22.6 Å². The van der Waals surface area contributed by atoms with Gasteiger partial charge in [-0.2, -0.15) is 0 Å². The number of benzene rings is 1. The molecule has 0 fully saturated rings. The van der Waals surface area contributed by atoms with Gasteiger partial charge < -0.3 is 10.1 Å². The number of carbonyl (C=O) groups is 1. The Bertz CT molecular complexity index is 464. The lowest BCUT2D eigenvalue weighted by Gasteiger charge is -2.12. The summed E-state index contributed by atoms with van der Waals surface area (Å²) >= 11 is 2.13. The average Bonchev–Trinajstić information content (AvgIpc) is 2.37. The molecule has 1 aromatic carbocycles. The predicted octanol–water partition coefficient (Wildman–Crippen LogP) is 2.42. The first-order chi connectivity index (χ1) is 8.51. The number of carbonyl (C=O) groups excluding carboxylic acids is 1. The van der Waals surface area contributed by atoms with Crippen molar-refractivity contribution in [1.82, 2.24) is 5.32 Å². The second kappa shape index (κ2) is 6.64. The first kappa shape index (κ1) is 14.8. The van der Waals surface area contributed by atoms with Gasteiger partial charge in [0.25, 0.3) is 5.69 Å². The highest BCUT2D eigenvalue weighted by atomic mass is 127. The Morgan fingerprint density at radius 2 is 2.28 bits per heavy atom. The predicted molar refractivity (Wildman–Crippen MR) is 74.9 cm³/mol. The highest BCUT2D eigenvalue weighted by Crippen LogP contribution is 2.26. The summed E-state index contributed by atoms with van der Waals surface area (Å²) in [7, 11) is 1.24. The summed E-state index contributed by atoms with van der Waals surface area (Å²) in [5, 5.41) is 14.1. The third kappa shape index (κ3) is 3.39. The lowest BCUT2D eigenvalue weighted by atomic mass is 10.0. The van der Waals surface area contributed by atoms with Crippen LogP contribution in [0.4, 0.5) is 5.69 Å². The average molecular weight is 364 g/mol. The van der Waals surface area contributed by atoms with E-state index in [0.717, 1.165) is 0 Å². The van der Waals surface area contributed by atoms with Gasteiger partial charge in [-0.1, -0.05) is 22.6 Å². The Hall–Kier alpha value is -1.22. The summed E-state index contributed by atoms with van der Waals surface area (Å²) in [6.07, 6.45) is 0. The van der Waals surface area contributed by atoms with E-state index < -0.39 is 10.9 Å². The van der Waals surface area contributed by atoms with E-state index in [2.05, 4.69) is 32.6 Å². The number of rotatable bonds is 5. The van der Waals surface area contributed by atoms with E-state index in [1.165, 1.54) is 19.2 Å². The molecule has 0 spiro atoms. The molecule has 0 aliphatic heterocycles. The molecule has 0 saturated carbocycles. The maximum Gasteiger partial charge on any atom is 0.338 e. The SMILES string of the molecule is COC(=O)c1ccc(C(C)NCI)c([N+](=O)[O-])c1. The number of nitro benzene ring substituents is 1. The number of methoxy groups -OCH3 is 1. The van der Waals surface area contributed by atoms with Crippen molar-refractivity contribution >= 4 is 34.2 Å². The monoisotopic (exact) mass is 364 g/mol. The van der Waals surface area contributed by atoms with Crippen molar-refractivity contribution in [1.29, 1.82) is 0 Å². The number of nitro groups is 1. The van der Waals surface area contributed by atoms with Gasteiger partial charge in [0.15, 0.2) is 0 Å². The summed E-state index contributed by atoms with van der Waals surface area (Å²) in [6.45, 7) is 1.83. The van der Waals surface area contributed by atoms with Crippen LogP contribution in [-0.4, -0.2) is 22.6 Å². The zero-order valence-electron chi connectivity index (χ0n) is 9.97. The van der Waals surface area contributed by atoms with E-state index in [1.54, 1.807) is 6.07 Å². The maximum atomic E-state index is 11.3. The zero-order valence-corrected chi connectivity index (χ0v) is 12.1. The summed E-state index contributed by atoms with van der Waals surface area (Å²) in [4.78, 5) is 21.9. The molecule has 18 heavy (non-hydrogen) atoms. The van der Waals surface area contributed by atoms with Crippen LogP contribution in [0.25, 0.3) is 0 Å². The van der Waals surface area contributed by atoms with Crippen LogP contribution in [0.5, 0.6) is 0 Å². The van der Waals surface area contributed by atoms with Crippen LogP contribution in [0.3, 0.4) is 0 Å². The van der Waals surface area contributed by atoms with Crippen LogP contribution in [0.2, 0.25) is 0 Å². The fourth-order valence-electron chi connectivity index (χ4n) is 1.54. The number of alkyl halides is 1. The van der Waals surface area contributed by atoms with E-state index in [1.807, 2.05) is 6.92 Å². The second-order valence-electron chi connectivity index (χ2n) is 3.58. The Morgan fingerprint density at radius 1 is 1.61 bits per heavy atom. The number of halogens is 1. The van der Waals surface area contributed by atoms with Gasteiger partial charge in [-0.05, 0) is 19.1 Å². The van der Waals surface area contributed by atoms with E-state index in [0.29, 0.717) is 10.1 Å². The number of esters is 1. The highest BCUT2D eigenvalue weighted by molar-refractivity contribution is 14.1. The summed E-state index contributed by atoms with van der Waals surface area (Å²) in [5.74, 6) is -0.584. The number of hydrogen-bond donors (Lipinski definition) is 1. The van der Waals surface area contributed by atoms with E-state index in [4.69, 9.17) is 0 Å². The molecule has 1 aromatic rings. The van der Waals surface area contributed by atoms with Crippen molar-refractivity contribution < 1.29 is 14.5 Å². The smallest absolute Gasteiger partial charge is 0.338 e. The van der Waals surface area contributed by atoms with Gasteiger partial charge >= 0.3 is 5.97 Å². The largest absolute Gasteiger partial charge is 0.465 e. The molecule has 1 atom stereocenters. The molecule has 0 aliphatic carbocycles. The minimum absolute atomic E-state index is 0.0808. The van der Waals surface area contributed by atoms with Gasteiger partial charge in [0, 0.05) is 22.2 Å². The maximum absolute atomic E-state index is 11.3. The van der Waals surface area contributed by atoms with Gasteiger partial charge in [-0.3, -0.25) is 10.1 Å². The molecule has 0 aliphatic rings. The molecule has 0 amide bonds. The first-order valence-electron chi connectivity index (χ1n) is 5.17. The van der Waals surface area contributed by atoms with Crippen LogP contribution < -0.4 is 5.32 Å². The summed E-state index contributed by atoms with van der Waals surface area (Å²) < 4.78 is 5.22. The van der Waals surface area contributed by atoms with Crippen molar-refractivity contribution in [2.24, 2.45) is 0 Å². The molecular formula is C11H13IN2O4. The van der Waals surface area contributed by atoms with Gasteiger partial charge in [-0.15, -0.1) is 0 Å². The van der Waals surface area contributed by atoms with E-state index in [-0.39, 0.29) is 17.3 Å². The molecular weight excluding hydrogens is 351 g/mol. The standard InChI is InChI=1S/C11H13IN2O4/c1-7(13-6-12)9-4-3-8(11(15)18-2)5-10(9)14(16)17/h3-5,7,13H,6H2,1-2H3. The second-order valence-corrected chi connectivity index (χ2v) is 4.34. The van der Waals surface area contributed by atoms with Gasteiger partial charge in [0.2, 0.25) is 0 Å². The van der Waals surface area contributed by atoms with Crippen LogP contribution in [0.15, 0.2) is 18.2 Å². The number of hydrogen-bond acceptors (Lipinski definition) is 5. The number of nitrogens with one attached hydrogen (secondary N) is 1. The Balaban J connectivity index is 3.20. The van der Waals surface area contributed by atoms with Crippen LogP contribution in [0.1, 0.15) is 28.9 Å². The van der Waals surface area contributed by atoms with Crippen LogP contribution in [-0.2, 0) is 4.74 Å². The number of nitrogens with zero attached hydrogens (tertiary/aromatic N) is 1. The zero-order chi connectivity index (χ0) is 13.7. The third-order valence-electron chi connectivity index (χ3n) is 2.50. The molecule has 1 N–H and O–H groups in total. The lowest BCUT2D eigenvalue weighted by Crippen LogP contribution is -2.17. The summed E-state index contributed by atoms with van der Waals surface area (Å²) in [5.41, 5.74) is 0.640. The number of ether oxygens (including phenoxy) is 1. The Morgan fingerprint density at radius 3 is 2.78 bits per heavy atom. The molecule has 0 heterocycles. The Labute approximate surface area is 118 Å². The van der Waals surface area contributed by atoms with Crippen molar-refractivity contribution in [3.8, 4) is 0 Å². The van der Waals surface area contributed by atoms with Gasteiger partial charge in [0.05, 0.1) is 17.6 Å². The minimum atomic E-state index is -0.584. The van der Waals surface area contributed by atoms with Gasteiger partial charge in [0.1, 0.15) is 0 Å². The normalized spacial score (nSPS) is 11.9. The fourth-order valence-corrected chi connectivity index (χ4v) is 2.20. The summed E-state index contributed by atoms with van der Waals surface area (Å²) in [6, 6.07) is 4.19. The van der Waals surface area contributed by atoms with E-state index in [9.17, 15) is 14.9 Å². The lowest BCUT2D eigenvalue weighted by molar-refractivity contribution is -0.385. The quantitative estimate of drug-likeness (QED) is 0.217. The molecule has 7 heteroatoms. The van der Waals surface area contributed by atoms with Crippen LogP contribution in [0, 0.1) is 10.1 Å². The van der Waals surface area contributed by atoms with Crippen molar-refractivity contribution in [2.45, 2.75) is 13.0 Å².